The summed E-state index contributed by atoms with van der Waals surface area (Å²) in [6.45, 7) is -0.596. The smallest absolute Gasteiger partial charge is 0.391 e. The highest BCUT2D eigenvalue weighted by Crippen LogP contribution is 2.36. The largest absolute Gasteiger partial charge is 0.493 e. The summed E-state index contributed by atoms with van der Waals surface area (Å²) in [7, 11) is 1.30. The summed E-state index contributed by atoms with van der Waals surface area (Å²) >= 11 is 5.85. The van der Waals surface area contributed by atoms with Crippen molar-refractivity contribution in [3.05, 3.63) is 22.7 Å². The number of alkyl halides is 3. The van der Waals surface area contributed by atoms with Crippen LogP contribution in [0.2, 0.25) is 5.02 Å². The van der Waals surface area contributed by atoms with E-state index in [4.69, 9.17) is 26.3 Å². The van der Waals surface area contributed by atoms with Crippen molar-refractivity contribution in [2.24, 2.45) is 0 Å². The van der Waals surface area contributed by atoms with Crippen LogP contribution in [0, 0.1) is 11.3 Å². The lowest BCUT2D eigenvalue weighted by molar-refractivity contribution is -0.156. The number of ether oxygens (including phenoxy) is 2. The zero-order valence-corrected chi connectivity index (χ0v) is 11.1. The van der Waals surface area contributed by atoms with E-state index in [1.807, 2.05) is 6.07 Å². The summed E-state index contributed by atoms with van der Waals surface area (Å²) in [5.41, 5.74) is 0.218. The number of benzene rings is 1. The van der Waals surface area contributed by atoms with Crippen molar-refractivity contribution in [2.45, 2.75) is 18.7 Å². The predicted octanol–water partition coefficient (Wildman–Crippen LogP) is 2.91. The van der Waals surface area contributed by atoms with Crippen molar-refractivity contribution < 1.29 is 27.8 Å². The van der Waals surface area contributed by atoms with Crippen molar-refractivity contribution in [3.8, 4) is 17.6 Å². The Kier molecular flexibility index (Phi) is 5.48. The third kappa shape index (κ3) is 4.79. The predicted molar refractivity (Wildman–Crippen MR) is 64.9 cm³/mol. The van der Waals surface area contributed by atoms with Gasteiger partial charge in [-0.15, -0.1) is 0 Å². The van der Waals surface area contributed by atoms with Gasteiger partial charge in [-0.25, -0.2) is 0 Å². The molecule has 0 saturated heterocycles. The topological polar surface area (TPSA) is 62.5 Å². The molecule has 1 aromatic carbocycles. The Morgan fingerprint density at radius 2 is 2.10 bits per heavy atom. The number of aliphatic hydroxyl groups excluding tert-OH is 1. The fraction of sp³-hybridized carbons (Fsp3) is 0.417. The number of aliphatic hydroxyl groups is 1. The molecule has 1 N–H and O–H groups in total. The van der Waals surface area contributed by atoms with Gasteiger partial charge in [0.15, 0.2) is 11.5 Å². The van der Waals surface area contributed by atoms with Crippen molar-refractivity contribution >= 4 is 11.6 Å². The van der Waals surface area contributed by atoms with Gasteiger partial charge in [0.2, 0.25) is 0 Å². The Morgan fingerprint density at radius 3 is 2.60 bits per heavy atom. The zero-order valence-electron chi connectivity index (χ0n) is 10.4. The standard InChI is InChI=1S/C12H11ClF3NO3/c1-19-10-3-7(5-17)2-9(13)11(10)20-6-8(18)4-12(14,15)16/h2-3,8,18H,4,6H2,1H3. The van der Waals surface area contributed by atoms with Crippen LogP contribution < -0.4 is 9.47 Å². The highest BCUT2D eigenvalue weighted by atomic mass is 35.5. The normalized spacial score (nSPS) is 12.7. The number of rotatable bonds is 5. The molecule has 0 aliphatic rings. The van der Waals surface area contributed by atoms with Crippen molar-refractivity contribution in [1.29, 1.82) is 5.26 Å². The van der Waals surface area contributed by atoms with Gasteiger partial charge in [0, 0.05) is 6.07 Å². The minimum Gasteiger partial charge on any atom is -0.493 e. The van der Waals surface area contributed by atoms with Crippen LogP contribution in [0.15, 0.2) is 12.1 Å². The fourth-order valence-electron chi connectivity index (χ4n) is 1.43. The minimum absolute atomic E-state index is 0.0140. The van der Waals surface area contributed by atoms with Crippen molar-refractivity contribution in [2.75, 3.05) is 13.7 Å². The maximum Gasteiger partial charge on any atom is 0.391 e. The first kappa shape index (κ1) is 16.4. The second-order valence-electron chi connectivity index (χ2n) is 3.89. The van der Waals surface area contributed by atoms with E-state index in [2.05, 4.69) is 0 Å². The first-order chi connectivity index (χ1) is 9.26. The molecule has 0 spiro atoms. The minimum atomic E-state index is -4.48. The van der Waals surface area contributed by atoms with Gasteiger partial charge in [-0.3, -0.25) is 0 Å². The van der Waals surface area contributed by atoms with E-state index >= 15 is 0 Å². The first-order valence-electron chi connectivity index (χ1n) is 5.42. The van der Waals surface area contributed by atoms with E-state index in [-0.39, 0.29) is 22.1 Å². The van der Waals surface area contributed by atoms with Crippen LogP contribution in [-0.2, 0) is 0 Å². The average Bonchev–Trinajstić information content (AvgIpc) is 2.34. The Hall–Kier alpha value is -1.65. The maximum absolute atomic E-state index is 12.1. The lowest BCUT2D eigenvalue weighted by atomic mass is 10.2. The molecular weight excluding hydrogens is 299 g/mol. The van der Waals surface area contributed by atoms with Crippen LogP contribution in [0.5, 0.6) is 11.5 Å². The van der Waals surface area contributed by atoms with E-state index in [1.54, 1.807) is 0 Å². The summed E-state index contributed by atoms with van der Waals surface area (Å²) in [6.07, 6.45) is -7.59. The lowest BCUT2D eigenvalue weighted by Crippen LogP contribution is -2.25. The van der Waals surface area contributed by atoms with Gasteiger partial charge in [-0.2, -0.15) is 18.4 Å². The molecule has 1 rings (SSSR count). The van der Waals surface area contributed by atoms with Gasteiger partial charge < -0.3 is 14.6 Å². The average molecular weight is 310 g/mol. The summed E-state index contributed by atoms with van der Waals surface area (Å²) in [6, 6.07) is 4.47. The molecule has 110 valence electrons. The van der Waals surface area contributed by atoms with E-state index < -0.39 is 25.3 Å². The van der Waals surface area contributed by atoms with Gasteiger partial charge >= 0.3 is 6.18 Å². The van der Waals surface area contributed by atoms with Crippen LogP contribution in [0.1, 0.15) is 12.0 Å². The molecule has 0 aromatic heterocycles. The molecule has 1 unspecified atom stereocenters. The highest BCUT2D eigenvalue weighted by molar-refractivity contribution is 6.32. The molecule has 0 fully saturated rings. The molecule has 0 aliphatic carbocycles. The Morgan fingerprint density at radius 1 is 1.45 bits per heavy atom. The number of halogens is 4. The lowest BCUT2D eigenvalue weighted by Gasteiger charge is -2.16. The Balaban J connectivity index is 2.80. The maximum atomic E-state index is 12.1. The number of nitriles is 1. The molecular formula is C12H11ClF3NO3. The molecule has 1 atom stereocenters. The molecule has 4 nitrogen and oxygen atoms in total. The van der Waals surface area contributed by atoms with Crippen LogP contribution >= 0.6 is 11.6 Å². The second-order valence-corrected chi connectivity index (χ2v) is 4.29. The zero-order chi connectivity index (χ0) is 15.3. The molecule has 0 amide bonds. The number of methoxy groups -OCH3 is 1. The molecule has 0 aliphatic heterocycles. The monoisotopic (exact) mass is 309 g/mol. The number of hydrogen-bond donors (Lipinski definition) is 1. The van der Waals surface area contributed by atoms with E-state index in [0.29, 0.717) is 0 Å². The van der Waals surface area contributed by atoms with Crippen LogP contribution in [0.25, 0.3) is 0 Å². The Bertz CT molecular complexity index is 514. The Labute approximate surface area is 118 Å². The molecule has 1 aromatic rings. The van der Waals surface area contributed by atoms with Gasteiger partial charge in [0.05, 0.1) is 36.3 Å². The van der Waals surface area contributed by atoms with Crippen molar-refractivity contribution in [1.82, 2.24) is 0 Å². The summed E-state index contributed by atoms with van der Waals surface area (Å²) in [4.78, 5) is 0. The molecule has 0 bridgehead atoms. The van der Waals surface area contributed by atoms with E-state index in [9.17, 15) is 18.3 Å². The number of hydrogen-bond acceptors (Lipinski definition) is 4. The third-order valence-electron chi connectivity index (χ3n) is 2.25. The highest BCUT2D eigenvalue weighted by Gasteiger charge is 2.31. The van der Waals surface area contributed by atoms with Gasteiger partial charge in [0.1, 0.15) is 6.61 Å². The third-order valence-corrected chi connectivity index (χ3v) is 2.53. The summed E-state index contributed by atoms with van der Waals surface area (Å²) in [5.74, 6) is 0.0858. The molecule has 0 radical (unpaired) electrons. The van der Waals surface area contributed by atoms with Gasteiger partial charge in [-0.1, -0.05) is 11.6 Å². The van der Waals surface area contributed by atoms with Crippen LogP contribution in [0.4, 0.5) is 13.2 Å². The summed E-state index contributed by atoms with van der Waals surface area (Å²) < 4.78 is 46.1. The van der Waals surface area contributed by atoms with E-state index in [1.165, 1.54) is 19.2 Å². The van der Waals surface area contributed by atoms with E-state index in [0.717, 1.165) is 0 Å². The van der Waals surface area contributed by atoms with Crippen LogP contribution in [0.3, 0.4) is 0 Å². The quantitative estimate of drug-likeness (QED) is 0.908. The molecule has 8 heteroatoms. The fourth-order valence-corrected chi connectivity index (χ4v) is 1.70. The molecule has 0 heterocycles. The van der Waals surface area contributed by atoms with Crippen molar-refractivity contribution in [3.63, 3.8) is 0 Å². The van der Waals surface area contributed by atoms with Crippen LogP contribution in [-0.4, -0.2) is 31.1 Å². The SMILES string of the molecule is COc1cc(C#N)cc(Cl)c1OCC(O)CC(F)(F)F. The molecule has 20 heavy (non-hydrogen) atoms. The first-order valence-corrected chi connectivity index (χ1v) is 5.80. The van der Waals surface area contributed by atoms with Gasteiger partial charge in [0.25, 0.3) is 0 Å². The summed E-state index contributed by atoms with van der Waals surface area (Å²) in [5, 5.41) is 18.0. The van der Waals surface area contributed by atoms with Gasteiger partial charge in [-0.05, 0) is 6.07 Å². The number of nitrogens with zero attached hydrogens (tertiary/aromatic N) is 1. The molecule has 0 saturated carbocycles. The second kappa shape index (κ2) is 6.68.